The third-order valence-electron chi connectivity index (χ3n) is 2.56. The van der Waals surface area contributed by atoms with Crippen LogP contribution in [-0.2, 0) is 0 Å². The molecule has 0 amide bonds. The van der Waals surface area contributed by atoms with E-state index in [0.717, 1.165) is 0 Å². The summed E-state index contributed by atoms with van der Waals surface area (Å²) in [5.41, 5.74) is 0. The average molecular weight is 220 g/mol. The van der Waals surface area contributed by atoms with E-state index in [2.05, 4.69) is 53.5 Å². The van der Waals surface area contributed by atoms with Crippen molar-refractivity contribution in [3.8, 4) is 0 Å². The first-order valence-electron chi connectivity index (χ1n) is 4.75. The van der Waals surface area contributed by atoms with E-state index in [-0.39, 0.29) is 0 Å². The van der Waals surface area contributed by atoms with Gasteiger partial charge in [-0.1, -0.05) is 53.5 Å². The third-order valence-corrected chi connectivity index (χ3v) is 26.4. The fraction of sp³-hybridized carbons (Fsp3) is 1.00. The Balaban J connectivity index is 4.44. The van der Waals surface area contributed by atoms with Crippen LogP contribution in [0.2, 0.25) is 37.8 Å². The van der Waals surface area contributed by atoms with Gasteiger partial charge in [0.2, 0.25) is 0 Å². The van der Waals surface area contributed by atoms with E-state index in [1.165, 1.54) is 7.68 Å². The van der Waals surface area contributed by atoms with Crippen molar-refractivity contribution < 1.29 is 0 Å². The van der Waals surface area contributed by atoms with Crippen molar-refractivity contribution in [1.82, 2.24) is 0 Å². The van der Waals surface area contributed by atoms with E-state index >= 15 is 0 Å². The van der Waals surface area contributed by atoms with Crippen LogP contribution in [-0.4, -0.2) is 15.5 Å². The molecule has 0 spiro atoms. The van der Waals surface area contributed by atoms with Gasteiger partial charge in [-0.15, -0.1) is 7.68 Å². The highest BCUT2D eigenvalue weighted by atomic mass is 31.6. The highest BCUT2D eigenvalue weighted by molar-refractivity contribution is 8.07. The number of hydrogen-bond donors (Lipinski definition) is 0. The second-order valence-corrected chi connectivity index (χ2v) is 27.0. The van der Waals surface area contributed by atoms with E-state index in [0.29, 0.717) is 5.04 Å². The maximum Gasteiger partial charge on any atom is 0.0731 e. The lowest BCUT2D eigenvalue weighted by Gasteiger charge is -2.40. The molecule has 0 fully saturated rings. The van der Waals surface area contributed by atoms with Gasteiger partial charge in [-0.25, -0.2) is 0 Å². The predicted molar refractivity (Wildman–Crippen MR) is 68.9 cm³/mol. The predicted octanol–water partition coefficient (Wildman–Crippen LogP) is 4.51. The minimum Gasteiger partial charge on any atom is -0.144 e. The van der Waals surface area contributed by atoms with Gasteiger partial charge < -0.3 is 0 Å². The first kappa shape index (κ1) is 12.9. The van der Waals surface area contributed by atoms with Crippen LogP contribution in [0.4, 0.5) is 0 Å². The lowest BCUT2D eigenvalue weighted by Crippen LogP contribution is -2.37. The SMILES string of the molecule is CC(C)(C)[Si](C)(C)P[Si](C)(C)C. The van der Waals surface area contributed by atoms with Crippen molar-refractivity contribution in [1.29, 1.82) is 0 Å². The standard InChI is InChI=1S/C9H25PSi2/c1-9(2,3)12(7,8)10-11(4,5)6/h10H,1-8H3. The van der Waals surface area contributed by atoms with Gasteiger partial charge in [0.1, 0.15) is 0 Å². The smallest absolute Gasteiger partial charge is 0.0731 e. The molecule has 0 aliphatic heterocycles. The van der Waals surface area contributed by atoms with Crippen LogP contribution in [0.25, 0.3) is 0 Å². The monoisotopic (exact) mass is 220 g/mol. The summed E-state index contributed by atoms with van der Waals surface area (Å²) in [6.07, 6.45) is 0. The normalized spacial score (nSPS) is 16.0. The van der Waals surface area contributed by atoms with Crippen LogP contribution in [0.1, 0.15) is 20.8 Å². The minimum absolute atomic E-state index is 0.589. The molecule has 74 valence electrons. The van der Waals surface area contributed by atoms with E-state index in [9.17, 15) is 0 Å². The van der Waals surface area contributed by atoms with Crippen LogP contribution >= 0.6 is 7.68 Å². The first-order chi connectivity index (χ1) is 4.96. The van der Waals surface area contributed by atoms with Gasteiger partial charge in [0, 0.05) is 0 Å². The van der Waals surface area contributed by atoms with Crippen LogP contribution in [0, 0.1) is 0 Å². The Morgan fingerprint density at radius 1 is 0.833 bits per heavy atom. The highest BCUT2D eigenvalue weighted by Crippen LogP contribution is 2.50. The molecule has 1 atom stereocenters. The molecule has 0 aromatic heterocycles. The molecule has 0 aliphatic carbocycles. The second kappa shape index (κ2) is 3.55. The molecule has 0 nitrogen and oxygen atoms in total. The topological polar surface area (TPSA) is 0 Å². The summed E-state index contributed by atoms with van der Waals surface area (Å²) >= 11 is 0. The molecule has 0 N–H and O–H groups in total. The number of hydrogen-bond acceptors (Lipinski definition) is 0. The molecule has 0 aliphatic rings. The van der Waals surface area contributed by atoms with Crippen LogP contribution < -0.4 is 0 Å². The molecule has 0 heterocycles. The van der Waals surface area contributed by atoms with E-state index in [4.69, 9.17) is 0 Å². The lowest BCUT2D eigenvalue weighted by molar-refractivity contribution is 0.736. The first-order valence-corrected chi connectivity index (χ1v) is 14.2. The summed E-state index contributed by atoms with van der Waals surface area (Å²) in [4.78, 5) is 0. The van der Waals surface area contributed by atoms with E-state index in [1.54, 1.807) is 0 Å². The molecule has 0 rings (SSSR count). The van der Waals surface area contributed by atoms with Crippen LogP contribution in [0.5, 0.6) is 0 Å². The zero-order valence-electron chi connectivity index (χ0n) is 10.0. The van der Waals surface area contributed by atoms with Gasteiger partial charge >= 0.3 is 0 Å². The molecule has 0 radical (unpaired) electrons. The molecule has 0 aromatic rings. The summed E-state index contributed by atoms with van der Waals surface area (Å²) in [7, 11) is -0.466. The van der Waals surface area contributed by atoms with Crippen molar-refractivity contribution >= 4 is 23.2 Å². The fourth-order valence-corrected chi connectivity index (χ4v) is 30.4. The number of rotatable bonds is 2. The Morgan fingerprint density at radius 3 is 1.25 bits per heavy atom. The second-order valence-electron chi connectivity index (χ2n) is 6.25. The molecule has 0 aromatic carbocycles. The zero-order chi connectivity index (χ0) is 10.2. The van der Waals surface area contributed by atoms with Crippen molar-refractivity contribution in [3.63, 3.8) is 0 Å². The summed E-state index contributed by atoms with van der Waals surface area (Å²) in [6, 6.07) is 0. The molecule has 3 heteroatoms. The Kier molecular flexibility index (Phi) is 3.80. The van der Waals surface area contributed by atoms with Crippen molar-refractivity contribution in [2.24, 2.45) is 0 Å². The molecule has 0 bridgehead atoms. The minimum atomic E-state index is -0.951. The maximum absolute atomic E-state index is 2.56. The average Bonchev–Trinajstić information content (AvgIpc) is 1.52. The van der Waals surface area contributed by atoms with Gasteiger partial charge in [-0.2, -0.15) is 0 Å². The summed E-state index contributed by atoms with van der Waals surface area (Å²) < 4.78 is 0. The van der Waals surface area contributed by atoms with E-state index < -0.39 is 15.5 Å². The van der Waals surface area contributed by atoms with Gasteiger partial charge in [-0.3, -0.25) is 0 Å². The Morgan fingerprint density at radius 2 is 1.17 bits per heavy atom. The van der Waals surface area contributed by atoms with Gasteiger partial charge in [-0.05, 0) is 5.04 Å². The molecular weight excluding hydrogens is 195 g/mol. The summed E-state index contributed by atoms with van der Waals surface area (Å²) in [5, 5.41) is 0.589. The van der Waals surface area contributed by atoms with Crippen molar-refractivity contribution in [2.75, 3.05) is 0 Å². The van der Waals surface area contributed by atoms with Crippen LogP contribution in [0.3, 0.4) is 0 Å². The molecule has 0 saturated heterocycles. The van der Waals surface area contributed by atoms with Gasteiger partial charge in [0.05, 0.1) is 15.5 Å². The molecular formula is C9H25PSi2. The quantitative estimate of drug-likeness (QED) is 0.474. The Labute approximate surface area is 82.0 Å². The highest BCUT2D eigenvalue weighted by Gasteiger charge is 2.38. The fourth-order valence-electron chi connectivity index (χ4n) is 1.12. The molecule has 1 unspecified atom stereocenters. The Bertz CT molecular complexity index is 151. The summed E-state index contributed by atoms with van der Waals surface area (Å²) in [6.45, 7) is 19.9. The Hall–Kier alpha value is 0.864. The van der Waals surface area contributed by atoms with Crippen molar-refractivity contribution in [2.45, 2.75) is 58.5 Å². The van der Waals surface area contributed by atoms with E-state index in [1.807, 2.05) is 0 Å². The van der Waals surface area contributed by atoms with Crippen LogP contribution in [0.15, 0.2) is 0 Å². The largest absolute Gasteiger partial charge is 0.144 e. The maximum atomic E-state index is 2.56. The van der Waals surface area contributed by atoms with Crippen molar-refractivity contribution in [3.05, 3.63) is 0 Å². The van der Waals surface area contributed by atoms with Gasteiger partial charge in [0.15, 0.2) is 0 Å². The zero-order valence-corrected chi connectivity index (χ0v) is 13.0. The molecule has 0 saturated carbocycles. The lowest BCUT2D eigenvalue weighted by atomic mass is 10.2. The van der Waals surface area contributed by atoms with Gasteiger partial charge in [0.25, 0.3) is 0 Å². The third kappa shape index (κ3) is 4.20. The summed E-state index contributed by atoms with van der Waals surface area (Å²) in [5.74, 6) is 0. The molecule has 12 heavy (non-hydrogen) atoms.